The van der Waals surface area contributed by atoms with E-state index in [4.69, 9.17) is 11.6 Å². The van der Waals surface area contributed by atoms with Crippen LogP contribution in [0.2, 0.25) is 5.02 Å². The van der Waals surface area contributed by atoms with E-state index >= 15 is 0 Å². The fourth-order valence-corrected chi connectivity index (χ4v) is 4.83. The van der Waals surface area contributed by atoms with Gasteiger partial charge >= 0.3 is 0 Å². The summed E-state index contributed by atoms with van der Waals surface area (Å²) < 4.78 is 22.8. The molecule has 3 rings (SSSR count). The van der Waals surface area contributed by atoms with Gasteiger partial charge in [0.25, 0.3) is 0 Å². The first kappa shape index (κ1) is 13.4. The minimum absolute atomic E-state index is 0.168. The van der Waals surface area contributed by atoms with Crippen LogP contribution >= 0.6 is 11.6 Å². The quantitative estimate of drug-likeness (QED) is 0.932. The van der Waals surface area contributed by atoms with Crippen LogP contribution in [0.15, 0.2) is 24.3 Å². The van der Waals surface area contributed by atoms with Crippen LogP contribution in [-0.4, -0.2) is 32.0 Å². The molecule has 0 bridgehead atoms. The molecular weight excluding hydrogens is 282 g/mol. The van der Waals surface area contributed by atoms with Crippen molar-refractivity contribution in [2.75, 3.05) is 11.5 Å². The normalized spacial score (nSPS) is 33.0. The number of benzene rings is 1. The Kier molecular flexibility index (Phi) is 3.58. The van der Waals surface area contributed by atoms with E-state index in [2.05, 4.69) is 17.4 Å². The van der Waals surface area contributed by atoms with Crippen LogP contribution in [0.25, 0.3) is 0 Å². The fourth-order valence-electron chi connectivity index (χ4n) is 3.02. The van der Waals surface area contributed by atoms with Gasteiger partial charge in [0.2, 0.25) is 0 Å². The highest BCUT2D eigenvalue weighted by molar-refractivity contribution is 7.91. The van der Waals surface area contributed by atoms with E-state index in [0.717, 1.165) is 24.3 Å². The van der Waals surface area contributed by atoms with Gasteiger partial charge in [0.15, 0.2) is 9.84 Å². The average molecular weight is 300 g/mol. The van der Waals surface area contributed by atoms with Crippen LogP contribution in [0, 0.1) is 0 Å². The smallest absolute Gasteiger partial charge is 0.151 e. The van der Waals surface area contributed by atoms with Gasteiger partial charge in [-0.05, 0) is 42.9 Å². The topological polar surface area (TPSA) is 46.2 Å². The molecule has 0 amide bonds. The summed E-state index contributed by atoms with van der Waals surface area (Å²) in [6.07, 6.45) is 2.96. The molecule has 1 saturated heterocycles. The van der Waals surface area contributed by atoms with E-state index in [1.165, 1.54) is 5.56 Å². The lowest BCUT2D eigenvalue weighted by Gasteiger charge is -2.38. The molecule has 3 nitrogen and oxygen atoms in total. The van der Waals surface area contributed by atoms with Gasteiger partial charge in [-0.1, -0.05) is 23.7 Å². The van der Waals surface area contributed by atoms with E-state index in [1.54, 1.807) is 0 Å². The number of hydrogen-bond donors (Lipinski definition) is 1. The molecule has 1 aromatic carbocycles. The van der Waals surface area contributed by atoms with Crippen LogP contribution in [-0.2, 0) is 9.84 Å². The third-order valence-electron chi connectivity index (χ3n) is 4.18. The second-order valence-corrected chi connectivity index (χ2v) is 8.35. The van der Waals surface area contributed by atoms with Crippen molar-refractivity contribution in [2.45, 2.75) is 37.3 Å². The van der Waals surface area contributed by atoms with E-state index < -0.39 is 9.84 Å². The van der Waals surface area contributed by atoms with Crippen LogP contribution < -0.4 is 5.32 Å². The van der Waals surface area contributed by atoms with E-state index in [9.17, 15) is 8.42 Å². The standard InChI is InChI=1S/C14H18ClNO2S/c15-12-3-1-10(2-4-12)11-7-14(8-11)16-13-5-6-19(17,18)9-13/h1-4,11,13-14,16H,5-9H2. The molecule has 0 radical (unpaired) electrons. The van der Waals surface area contributed by atoms with Crippen molar-refractivity contribution in [3.05, 3.63) is 34.9 Å². The Morgan fingerprint density at radius 1 is 1.11 bits per heavy atom. The van der Waals surface area contributed by atoms with Gasteiger partial charge in [0, 0.05) is 17.1 Å². The lowest BCUT2D eigenvalue weighted by atomic mass is 9.75. The van der Waals surface area contributed by atoms with Crippen molar-refractivity contribution in [3.63, 3.8) is 0 Å². The zero-order valence-electron chi connectivity index (χ0n) is 10.7. The monoisotopic (exact) mass is 299 g/mol. The maximum Gasteiger partial charge on any atom is 0.151 e. The van der Waals surface area contributed by atoms with Crippen LogP contribution in [0.3, 0.4) is 0 Å². The van der Waals surface area contributed by atoms with Gasteiger partial charge in [0.05, 0.1) is 11.5 Å². The molecule has 104 valence electrons. The molecular formula is C14H18ClNO2S. The van der Waals surface area contributed by atoms with Crippen molar-refractivity contribution < 1.29 is 8.42 Å². The zero-order chi connectivity index (χ0) is 13.5. The van der Waals surface area contributed by atoms with Gasteiger partial charge < -0.3 is 5.32 Å². The maximum atomic E-state index is 11.4. The van der Waals surface area contributed by atoms with Crippen LogP contribution in [0.4, 0.5) is 0 Å². The second-order valence-electron chi connectivity index (χ2n) is 5.68. The summed E-state index contributed by atoms with van der Waals surface area (Å²) in [6.45, 7) is 0. The summed E-state index contributed by atoms with van der Waals surface area (Å²) in [4.78, 5) is 0. The predicted molar refractivity (Wildman–Crippen MR) is 77.4 cm³/mol. The van der Waals surface area contributed by atoms with Crippen LogP contribution in [0.1, 0.15) is 30.7 Å². The average Bonchev–Trinajstić information content (AvgIpc) is 2.64. The molecule has 1 aromatic rings. The molecule has 0 aromatic heterocycles. The first-order valence-electron chi connectivity index (χ1n) is 6.74. The Morgan fingerprint density at radius 2 is 1.79 bits per heavy atom. The Balaban J connectivity index is 1.49. The molecule has 2 fully saturated rings. The third kappa shape index (κ3) is 3.12. The molecule has 1 aliphatic carbocycles. The highest BCUT2D eigenvalue weighted by Crippen LogP contribution is 2.37. The predicted octanol–water partition coefficient (Wildman–Crippen LogP) is 2.36. The van der Waals surface area contributed by atoms with Crippen LogP contribution in [0.5, 0.6) is 0 Å². The Morgan fingerprint density at radius 3 is 2.37 bits per heavy atom. The zero-order valence-corrected chi connectivity index (χ0v) is 12.3. The van der Waals surface area contributed by atoms with Gasteiger partial charge in [-0.2, -0.15) is 0 Å². The summed E-state index contributed by atoms with van der Waals surface area (Å²) in [5, 5.41) is 4.25. The SMILES string of the molecule is O=S1(=O)CCC(NC2CC(c3ccc(Cl)cc3)C2)C1. The lowest BCUT2D eigenvalue weighted by Crippen LogP contribution is -2.46. The molecule has 2 aliphatic rings. The molecule has 1 atom stereocenters. The minimum Gasteiger partial charge on any atom is -0.310 e. The number of hydrogen-bond acceptors (Lipinski definition) is 3. The number of rotatable bonds is 3. The van der Waals surface area contributed by atoms with Gasteiger partial charge in [-0.15, -0.1) is 0 Å². The number of halogens is 1. The van der Waals surface area contributed by atoms with Crippen molar-refractivity contribution in [1.29, 1.82) is 0 Å². The van der Waals surface area contributed by atoms with Crippen molar-refractivity contribution in [2.24, 2.45) is 0 Å². The van der Waals surface area contributed by atoms with E-state index in [0.29, 0.717) is 23.5 Å². The number of nitrogens with one attached hydrogen (secondary N) is 1. The third-order valence-corrected chi connectivity index (χ3v) is 6.20. The molecule has 1 heterocycles. The van der Waals surface area contributed by atoms with Crippen molar-refractivity contribution >= 4 is 21.4 Å². The molecule has 1 unspecified atom stereocenters. The minimum atomic E-state index is -2.77. The summed E-state index contributed by atoms with van der Waals surface area (Å²) >= 11 is 5.88. The first-order valence-corrected chi connectivity index (χ1v) is 8.94. The van der Waals surface area contributed by atoms with E-state index in [-0.39, 0.29) is 6.04 Å². The molecule has 1 saturated carbocycles. The van der Waals surface area contributed by atoms with Gasteiger partial charge in [-0.3, -0.25) is 0 Å². The summed E-state index contributed by atoms with van der Waals surface area (Å²) in [7, 11) is -2.77. The van der Waals surface area contributed by atoms with Crippen molar-refractivity contribution in [3.8, 4) is 0 Å². The molecule has 19 heavy (non-hydrogen) atoms. The molecule has 0 spiro atoms. The Hall–Kier alpha value is -0.580. The van der Waals surface area contributed by atoms with Gasteiger partial charge in [-0.25, -0.2) is 8.42 Å². The first-order chi connectivity index (χ1) is 9.02. The Bertz CT molecular complexity index is 549. The van der Waals surface area contributed by atoms with E-state index in [1.807, 2.05) is 12.1 Å². The highest BCUT2D eigenvalue weighted by atomic mass is 35.5. The molecule has 5 heteroatoms. The second kappa shape index (κ2) is 5.08. The fraction of sp³-hybridized carbons (Fsp3) is 0.571. The highest BCUT2D eigenvalue weighted by Gasteiger charge is 2.35. The Labute approximate surface area is 119 Å². The summed E-state index contributed by atoms with van der Waals surface area (Å²) in [5.41, 5.74) is 1.33. The maximum absolute atomic E-state index is 11.4. The summed E-state index contributed by atoms with van der Waals surface area (Å²) in [5.74, 6) is 1.25. The molecule has 1 aliphatic heterocycles. The molecule has 1 N–H and O–H groups in total. The van der Waals surface area contributed by atoms with Crippen molar-refractivity contribution in [1.82, 2.24) is 5.32 Å². The largest absolute Gasteiger partial charge is 0.310 e. The number of sulfone groups is 1. The van der Waals surface area contributed by atoms with Gasteiger partial charge in [0.1, 0.15) is 0 Å². The lowest BCUT2D eigenvalue weighted by molar-refractivity contribution is 0.271. The summed E-state index contributed by atoms with van der Waals surface area (Å²) in [6, 6.07) is 8.68.